The van der Waals surface area contributed by atoms with E-state index in [0.717, 1.165) is 17.2 Å². The summed E-state index contributed by atoms with van der Waals surface area (Å²) in [6.45, 7) is 0. The van der Waals surface area contributed by atoms with Crippen LogP contribution in [0.1, 0.15) is 0 Å². The number of fused-ring (bicyclic) bond motifs is 1. The maximum atomic E-state index is 12.9. The second kappa shape index (κ2) is 10.0. The fraction of sp³-hybridized carbons (Fsp3) is 0.0385. The van der Waals surface area contributed by atoms with Gasteiger partial charge in [0.15, 0.2) is 17.4 Å². The molecule has 0 radical (unpaired) electrons. The Kier molecular flexibility index (Phi) is 6.76. The first-order valence-corrected chi connectivity index (χ1v) is 13.2. The van der Waals surface area contributed by atoms with Crippen molar-refractivity contribution in [1.82, 2.24) is 15.0 Å². The SMILES string of the molecule is O=S(=O)(Oc1ccc2cccc(Nc3nc(-c4ccccc4)nc(-c4ccccc4)n3)c2c1Br)C(F)(F)F. The molecule has 5 rings (SSSR count). The zero-order valence-corrected chi connectivity index (χ0v) is 21.5. The average molecular weight is 601 g/mol. The molecule has 0 unspecified atom stereocenters. The molecule has 0 saturated carbocycles. The predicted octanol–water partition coefficient (Wildman–Crippen LogP) is 7.09. The van der Waals surface area contributed by atoms with Crippen LogP contribution in [0, 0.1) is 0 Å². The van der Waals surface area contributed by atoms with Gasteiger partial charge in [0, 0.05) is 16.5 Å². The van der Waals surface area contributed by atoms with Crippen molar-refractivity contribution in [3.05, 3.63) is 95.5 Å². The number of nitrogens with zero attached hydrogens (tertiary/aromatic N) is 3. The van der Waals surface area contributed by atoms with Crippen LogP contribution in [-0.4, -0.2) is 28.9 Å². The molecule has 1 heterocycles. The lowest BCUT2D eigenvalue weighted by atomic mass is 10.1. The Balaban J connectivity index is 1.62. The Hall–Kier alpha value is -4.03. The third-order valence-electron chi connectivity index (χ3n) is 5.38. The molecule has 38 heavy (non-hydrogen) atoms. The van der Waals surface area contributed by atoms with Crippen molar-refractivity contribution in [3.63, 3.8) is 0 Å². The number of nitrogens with one attached hydrogen (secondary N) is 1. The molecule has 4 aromatic carbocycles. The molecule has 192 valence electrons. The van der Waals surface area contributed by atoms with Crippen LogP contribution in [0.5, 0.6) is 5.75 Å². The molecule has 0 spiro atoms. The van der Waals surface area contributed by atoms with Gasteiger partial charge in [0.25, 0.3) is 0 Å². The second-order valence-corrected chi connectivity index (χ2v) is 10.3. The topological polar surface area (TPSA) is 94.1 Å². The molecule has 0 aliphatic carbocycles. The monoisotopic (exact) mass is 600 g/mol. The van der Waals surface area contributed by atoms with Gasteiger partial charge in [-0.15, -0.1) is 0 Å². The molecule has 0 aliphatic heterocycles. The summed E-state index contributed by atoms with van der Waals surface area (Å²) in [7, 11) is -5.87. The van der Waals surface area contributed by atoms with E-state index in [1.807, 2.05) is 60.7 Å². The molecule has 0 atom stereocenters. The highest BCUT2D eigenvalue weighted by atomic mass is 79.9. The molecule has 1 N–H and O–H groups in total. The number of rotatable bonds is 6. The summed E-state index contributed by atoms with van der Waals surface area (Å²) in [6.07, 6.45) is 0. The Morgan fingerprint density at radius 1 is 0.737 bits per heavy atom. The minimum absolute atomic E-state index is 0.00606. The maximum absolute atomic E-state index is 12.9. The van der Waals surface area contributed by atoms with Crippen molar-refractivity contribution in [1.29, 1.82) is 0 Å². The molecule has 0 saturated heterocycles. The number of alkyl halides is 3. The van der Waals surface area contributed by atoms with Crippen LogP contribution in [0.2, 0.25) is 0 Å². The van der Waals surface area contributed by atoms with E-state index in [1.165, 1.54) is 6.07 Å². The Bertz CT molecular complexity index is 1680. The Morgan fingerprint density at radius 3 is 1.87 bits per heavy atom. The van der Waals surface area contributed by atoms with Crippen molar-refractivity contribution >= 4 is 48.5 Å². The van der Waals surface area contributed by atoms with Gasteiger partial charge in [-0.1, -0.05) is 78.9 Å². The summed E-state index contributed by atoms with van der Waals surface area (Å²) < 4.78 is 66.4. The lowest BCUT2D eigenvalue weighted by Crippen LogP contribution is -2.28. The van der Waals surface area contributed by atoms with Crippen LogP contribution in [0.4, 0.5) is 24.8 Å². The third-order valence-corrected chi connectivity index (χ3v) is 7.13. The highest BCUT2D eigenvalue weighted by Crippen LogP contribution is 2.40. The van der Waals surface area contributed by atoms with Crippen molar-refractivity contribution in [2.75, 3.05) is 5.32 Å². The summed E-state index contributed by atoms with van der Waals surface area (Å²) >= 11 is 3.22. The van der Waals surface area contributed by atoms with E-state index >= 15 is 0 Å². The molecule has 5 aromatic rings. The second-order valence-electron chi connectivity index (χ2n) is 7.93. The minimum atomic E-state index is -5.87. The molecule has 0 bridgehead atoms. The molecule has 1 aromatic heterocycles. The summed E-state index contributed by atoms with van der Waals surface area (Å²) in [5.41, 5.74) is -3.68. The molecule has 0 aliphatic rings. The first-order valence-electron chi connectivity index (χ1n) is 11.0. The fourth-order valence-corrected chi connectivity index (χ4v) is 4.87. The number of hydrogen-bond donors (Lipinski definition) is 1. The average Bonchev–Trinajstić information content (AvgIpc) is 2.90. The van der Waals surface area contributed by atoms with Crippen LogP contribution in [0.3, 0.4) is 0 Å². The summed E-state index contributed by atoms with van der Waals surface area (Å²) in [5, 5.41) is 4.07. The van der Waals surface area contributed by atoms with Crippen LogP contribution >= 0.6 is 15.9 Å². The highest BCUT2D eigenvalue weighted by Gasteiger charge is 2.48. The number of hydrogen-bond acceptors (Lipinski definition) is 7. The zero-order valence-electron chi connectivity index (χ0n) is 19.1. The first kappa shape index (κ1) is 25.6. The van der Waals surface area contributed by atoms with Gasteiger partial charge >= 0.3 is 15.6 Å². The fourth-order valence-electron chi connectivity index (χ4n) is 3.63. The van der Waals surface area contributed by atoms with Crippen LogP contribution < -0.4 is 9.50 Å². The van der Waals surface area contributed by atoms with E-state index in [0.29, 0.717) is 28.1 Å². The van der Waals surface area contributed by atoms with Crippen LogP contribution in [0.25, 0.3) is 33.5 Å². The van der Waals surface area contributed by atoms with E-state index in [1.54, 1.807) is 18.2 Å². The van der Waals surface area contributed by atoms with E-state index in [4.69, 9.17) is 0 Å². The quantitative estimate of drug-likeness (QED) is 0.164. The van der Waals surface area contributed by atoms with Gasteiger partial charge in [-0.2, -0.15) is 31.6 Å². The molecule has 12 heteroatoms. The molecule has 7 nitrogen and oxygen atoms in total. The number of anilines is 2. The van der Waals surface area contributed by atoms with Gasteiger partial charge in [0.1, 0.15) is 0 Å². The van der Waals surface area contributed by atoms with Crippen molar-refractivity contribution in [3.8, 4) is 28.5 Å². The number of aromatic nitrogens is 3. The van der Waals surface area contributed by atoms with Crippen LogP contribution in [0.15, 0.2) is 95.5 Å². The van der Waals surface area contributed by atoms with E-state index in [9.17, 15) is 21.6 Å². The van der Waals surface area contributed by atoms with Crippen molar-refractivity contribution < 1.29 is 25.8 Å². The van der Waals surface area contributed by atoms with Crippen molar-refractivity contribution in [2.45, 2.75) is 5.51 Å². The Morgan fingerprint density at radius 2 is 1.32 bits per heavy atom. The normalized spacial score (nSPS) is 11.9. The van der Waals surface area contributed by atoms with Gasteiger partial charge in [-0.3, -0.25) is 0 Å². The van der Waals surface area contributed by atoms with E-state index in [-0.39, 0.29) is 10.4 Å². The predicted molar refractivity (Wildman–Crippen MR) is 141 cm³/mol. The smallest absolute Gasteiger partial charge is 0.375 e. The van der Waals surface area contributed by atoms with Gasteiger partial charge in [0.05, 0.1) is 10.2 Å². The number of benzene rings is 4. The third kappa shape index (κ3) is 5.18. The first-order chi connectivity index (χ1) is 18.1. The molecule has 0 fully saturated rings. The lowest BCUT2D eigenvalue weighted by molar-refractivity contribution is -0.0500. The zero-order chi connectivity index (χ0) is 26.9. The van der Waals surface area contributed by atoms with Crippen LogP contribution in [-0.2, 0) is 10.1 Å². The lowest BCUT2D eigenvalue weighted by Gasteiger charge is -2.15. The minimum Gasteiger partial charge on any atom is -0.375 e. The van der Waals surface area contributed by atoms with Crippen molar-refractivity contribution in [2.24, 2.45) is 0 Å². The summed E-state index contributed by atoms with van der Waals surface area (Å²) in [5.74, 6) is 0.462. The summed E-state index contributed by atoms with van der Waals surface area (Å²) in [6, 6.07) is 26.3. The maximum Gasteiger partial charge on any atom is 0.534 e. The Labute approximate surface area is 223 Å². The number of halogens is 4. The van der Waals surface area contributed by atoms with Gasteiger partial charge in [-0.05, 0) is 33.4 Å². The highest BCUT2D eigenvalue weighted by molar-refractivity contribution is 9.10. The largest absolute Gasteiger partial charge is 0.534 e. The van der Waals surface area contributed by atoms with E-state index in [2.05, 4.69) is 40.4 Å². The molecular weight excluding hydrogens is 585 g/mol. The molecular formula is C26H16BrF3N4O3S. The summed E-state index contributed by atoms with van der Waals surface area (Å²) in [4.78, 5) is 13.7. The standard InChI is InChI=1S/C26H16BrF3N4O3S/c27-22-20(37-38(35,36)26(28,29)30)15-14-16-12-7-13-19(21(16)22)31-25-33-23(17-8-3-1-4-9-17)32-24(34-25)18-10-5-2-6-11-18/h1-15H,(H,31,32,33,34). The van der Waals surface area contributed by atoms with E-state index < -0.39 is 21.4 Å². The van der Waals surface area contributed by atoms with Gasteiger partial charge in [-0.25, -0.2) is 4.98 Å². The molecule has 0 amide bonds. The van der Waals surface area contributed by atoms with Gasteiger partial charge in [0.2, 0.25) is 5.95 Å². The van der Waals surface area contributed by atoms with Gasteiger partial charge < -0.3 is 9.50 Å².